The minimum atomic E-state index is -0.724. The number of rotatable bonds is 7. The molecule has 0 bridgehead atoms. The number of methoxy groups -OCH3 is 1. The normalized spacial score (nSPS) is 11.5. The quantitative estimate of drug-likeness (QED) is 0.291. The molecule has 1 atom stereocenters. The first-order chi connectivity index (χ1) is 7.97. The molecule has 0 unspecified atom stereocenters. The van der Waals surface area contributed by atoms with Crippen LogP contribution in [0, 0.1) is 0 Å². The number of thioether (sulfide) groups is 1. The van der Waals surface area contributed by atoms with Gasteiger partial charge in [0.05, 0.1) is 19.0 Å². The number of hydrogen-bond acceptors (Lipinski definition) is 6. The third-order valence-electron chi connectivity index (χ3n) is 1.69. The van der Waals surface area contributed by atoms with Gasteiger partial charge >= 0.3 is 5.97 Å². The van der Waals surface area contributed by atoms with E-state index in [1.807, 2.05) is 0 Å². The second kappa shape index (κ2) is 8.82. The predicted molar refractivity (Wildman–Crippen MR) is 64.1 cm³/mol. The number of carbonyl (C=O) groups excluding carboxylic acids is 3. The van der Waals surface area contributed by atoms with Gasteiger partial charge in [0, 0.05) is 12.7 Å². The van der Waals surface area contributed by atoms with Crippen LogP contribution in [-0.4, -0.2) is 49.1 Å². The number of ether oxygens (including phenoxy) is 1. The van der Waals surface area contributed by atoms with Crippen molar-refractivity contribution in [1.82, 2.24) is 10.6 Å². The van der Waals surface area contributed by atoms with Crippen molar-refractivity contribution in [3.05, 3.63) is 0 Å². The summed E-state index contributed by atoms with van der Waals surface area (Å²) in [6.07, 6.45) is 0. The molecular formula is C9H17N3O4S. The lowest BCUT2D eigenvalue weighted by Crippen LogP contribution is -2.44. The van der Waals surface area contributed by atoms with Gasteiger partial charge in [-0.25, -0.2) is 0 Å². The van der Waals surface area contributed by atoms with E-state index in [9.17, 15) is 14.4 Å². The van der Waals surface area contributed by atoms with E-state index in [4.69, 9.17) is 5.73 Å². The number of nitrogens with one attached hydrogen (secondary N) is 2. The van der Waals surface area contributed by atoms with Crippen molar-refractivity contribution >= 4 is 29.5 Å². The molecule has 0 aliphatic carbocycles. The SMILES string of the molecule is COC(=O)CNC(=O)[C@@H](N)CSCNC(C)=O. The van der Waals surface area contributed by atoms with Crippen LogP contribution >= 0.6 is 11.8 Å². The van der Waals surface area contributed by atoms with Crippen molar-refractivity contribution in [2.75, 3.05) is 25.3 Å². The van der Waals surface area contributed by atoms with Gasteiger partial charge in [0.2, 0.25) is 11.8 Å². The summed E-state index contributed by atoms with van der Waals surface area (Å²) in [5, 5.41) is 4.91. The van der Waals surface area contributed by atoms with Gasteiger partial charge in [-0.15, -0.1) is 11.8 Å². The average Bonchev–Trinajstić information content (AvgIpc) is 2.30. The highest BCUT2D eigenvalue weighted by atomic mass is 32.2. The van der Waals surface area contributed by atoms with E-state index in [-0.39, 0.29) is 12.5 Å². The standard InChI is InChI=1S/C9H17N3O4S/c1-6(13)12-5-17-4-7(10)9(15)11-3-8(14)16-2/h7H,3-5,10H2,1-2H3,(H,11,15)(H,12,13)/t7-/m0/s1. The summed E-state index contributed by atoms with van der Waals surface area (Å²) in [4.78, 5) is 32.6. The molecule has 0 aromatic carbocycles. The molecule has 0 aromatic rings. The highest BCUT2D eigenvalue weighted by Gasteiger charge is 2.14. The zero-order valence-electron chi connectivity index (χ0n) is 9.82. The molecule has 0 saturated carbocycles. The molecule has 17 heavy (non-hydrogen) atoms. The van der Waals surface area contributed by atoms with Crippen LogP contribution in [0.1, 0.15) is 6.92 Å². The Morgan fingerprint density at radius 3 is 2.53 bits per heavy atom. The van der Waals surface area contributed by atoms with Crippen LogP contribution in [0.25, 0.3) is 0 Å². The first-order valence-electron chi connectivity index (χ1n) is 4.89. The summed E-state index contributed by atoms with van der Waals surface area (Å²) >= 11 is 1.32. The summed E-state index contributed by atoms with van der Waals surface area (Å²) in [7, 11) is 1.23. The summed E-state index contributed by atoms with van der Waals surface area (Å²) in [5.74, 6) is -0.343. The van der Waals surface area contributed by atoms with E-state index < -0.39 is 17.9 Å². The first kappa shape index (κ1) is 15.7. The Labute approximate surface area is 104 Å². The number of nitrogens with two attached hydrogens (primary N) is 1. The van der Waals surface area contributed by atoms with Crippen LogP contribution in [0.15, 0.2) is 0 Å². The zero-order valence-corrected chi connectivity index (χ0v) is 10.6. The van der Waals surface area contributed by atoms with Crippen LogP contribution < -0.4 is 16.4 Å². The Hall–Kier alpha value is -1.28. The van der Waals surface area contributed by atoms with Gasteiger partial charge in [0.1, 0.15) is 6.54 Å². The number of amides is 2. The molecule has 98 valence electrons. The van der Waals surface area contributed by atoms with Gasteiger partial charge in [0.15, 0.2) is 0 Å². The van der Waals surface area contributed by atoms with Crippen LogP contribution in [-0.2, 0) is 19.1 Å². The molecule has 0 saturated heterocycles. The topological polar surface area (TPSA) is 111 Å². The van der Waals surface area contributed by atoms with Gasteiger partial charge in [-0.2, -0.15) is 0 Å². The summed E-state index contributed by atoms with van der Waals surface area (Å²) in [6.45, 7) is 1.21. The molecular weight excluding hydrogens is 246 g/mol. The van der Waals surface area contributed by atoms with E-state index in [1.54, 1.807) is 0 Å². The van der Waals surface area contributed by atoms with Crippen molar-refractivity contribution in [1.29, 1.82) is 0 Å². The third-order valence-corrected chi connectivity index (χ3v) is 2.64. The van der Waals surface area contributed by atoms with Crippen molar-refractivity contribution in [3.63, 3.8) is 0 Å². The van der Waals surface area contributed by atoms with E-state index >= 15 is 0 Å². The van der Waals surface area contributed by atoms with E-state index in [0.29, 0.717) is 11.6 Å². The Bertz CT molecular complexity index is 285. The zero-order chi connectivity index (χ0) is 13.3. The maximum absolute atomic E-state index is 11.3. The Morgan fingerprint density at radius 2 is 2.00 bits per heavy atom. The van der Waals surface area contributed by atoms with E-state index in [2.05, 4.69) is 15.4 Å². The number of esters is 1. The fourth-order valence-corrected chi connectivity index (χ4v) is 1.61. The molecule has 8 heteroatoms. The Balaban J connectivity index is 3.67. The maximum Gasteiger partial charge on any atom is 0.325 e. The van der Waals surface area contributed by atoms with Crippen molar-refractivity contribution in [3.8, 4) is 0 Å². The maximum atomic E-state index is 11.3. The predicted octanol–water partition coefficient (Wildman–Crippen LogP) is -1.57. The smallest absolute Gasteiger partial charge is 0.325 e. The lowest BCUT2D eigenvalue weighted by Gasteiger charge is -2.11. The van der Waals surface area contributed by atoms with Gasteiger partial charge in [-0.1, -0.05) is 0 Å². The second-order valence-electron chi connectivity index (χ2n) is 3.15. The minimum absolute atomic E-state index is 0.138. The van der Waals surface area contributed by atoms with Gasteiger partial charge in [-0.3, -0.25) is 14.4 Å². The van der Waals surface area contributed by atoms with E-state index in [0.717, 1.165) is 0 Å². The van der Waals surface area contributed by atoms with Crippen LogP contribution in [0.2, 0.25) is 0 Å². The molecule has 0 fully saturated rings. The van der Waals surface area contributed by atoms with Crippen LogP contribution in [0.5, 0.6) is 0 Å². The molecule has 0 heterocycles. The monoisotopic (exact) mass is 263 g/mol. The van der Waals surface area contributed by atoms with Crippen LogP contribution in [0.4, 0.5) is 0 Å². The molecule has 0 rings (SSSR count). The van der Waals surface area contributed by atoms with Crippen LogP contribution in [0.3, 0.4) is 0 Å². The molecule has 2 amide bonds. The first-order valence-corrected chi connectivity index (χ1v) is 6.05. The Morgan fingerprint density at radius 1 is 1.35 bits per heavy atom. The molecule has 0 aliphatic heterocycles. The molecule has 4 N–H and O–H groups in total. The molecule has 0 radical (unpaired) electrons. The number of carbonyl (C=O) groups is 3. The molecule has 0 spiro atoms. The summed E-state index contributed by atoms with van der Waals surface area (Å²) in [6, 6.07) is -0.724. The summed E-state index contributed by atoms with van der Waals surface area (Å²) in [5.41, 5.74) is 5.56. The van der Waals surface area contributed by atoms with Crippen molar-refractivity contribution < 1.29 is 19.1 Å². The van der Waals surface area contributed by atoms with Gasteiger partial charge < -0.3 is 21.1 Å². The fourth-order valence-electron chi connectivity index (χ4n) is 0.777. The molecule has 0 aromatic heterocycles. The highest BCUT2D eigenvalue weighted by Crippen LogP contribution is 1.99. The third kappa shape index (κ3) is 8.52. The van der Waals surface area contributed by atoms with Gasteiger partial charge in [0.25, 0.3) is 0 Å². The number of hydrogen-bond donors (Lipinski definition) is 3. The molecule has 7 nitrogen and oxygen atoms in total. The van der Waals surface area contributed by atoms with E-state index in [1.165, 1.54) is 25.8 Å². The summed E-state index contributed by atoms with van der Waals surface area (Å²) < 4.78 is 4.36. The minimum Gasteiger partial charge on any atom is -0.468 e. The lowest BCUT2D eigenvalue weighted by molar-refractivity contribution is -0.141. The van der Waals surface area contributed by atoms with Crippen molar-refractivity contribution in [2.45, 2.75) is 13.0 Å². The van der Waals surface area contributed by atoms with Gasteiger partial charge in [-0.05, 0) is 0 Å². The lowest BCUT2D eigenvalue weighted by atomic mass is 10.3. The highest BCUT2D eigenvalue weighted by molar-refractivity contribution is 7.99. The average molecular weight is 263 g/mol. The second-order valence-corrected chi connectivity index (χ2v) is 4.18. The molecule has 0 aliphatic rings. The van der Waals surface area contributed by atoms with Crippen molar-refractivity contribution in [2.24, 2.45) is 5.73 Å². The largest absolute Gasteiger partial charge is 0.468 e. The Kier molecular flexibility index (Phi) is 8.16. The fraction of sp³-hybridized carbons (Fsp3) is 0.667.